The van der Waals surface area contributed by atoms with Crippen LogP contribution in [0.2, 0.25) is 0 Å². The summed E-state index contributed by atoms with van der Waals surface area (Å²) in [6, 6.07) is 7.55. The monoisotopic (exact) mass is 320 g/mol. The minimum absolute atomic E-state index is 0.0253. The van der Waals surface area contributed by atoms with Crippen LogP contribution in [-0.2, 0) is 12.6 Å². The molecular weight excluding hydrogens is 311 g/mol. The Balaban J connectivity index is 2.28. The summed E-state index contributed by atoms with van der Waals surface area (Å²) in [6.07, 6.45) is -4.55. The second kappa shape index (κ2) is 6.02. The maximum Gasteiger partial charge on any atom is 0.416 e. The second-order valence-corrected chi connectivity index (χ2v) is 5.06. The van der Waals surface area contributed by atoms with Gasteiger partial charge in [0.15, 0.2) is 0 Å². The number of hydrogen-bond donors (Lipinski definition) is 0. The van der Waals surface area contributed by atoms with Crippen LogP contribution in [0.25, 0.3) is 0 Å². The molecule has 0 aliphatic heterocycles. The Morgan fingerprint density at radius 3 is 2.33 bits per heavy atom. The number of alkyl halides is 4. The molecule has 2 rings (SSSR count). The van der Waals surface area contributed by atoms with Crippen LogP contribution in [0.5, 0.6) is 0 Å². The lowest BCUT2D eigenvalue weighted by Gasteiger charge is -2.14. The first-order chi connectivity index (χ1) is 9.77. The zero-order valence-corrected chi connectivity index (χ0v) is 11.3. The topological polar surface area (TPSA) is 0 Å². The summed E-state index contributed by atoms with van der Waals surface area (Å²) in [5.74, 6) is -1.31. The SMILES string of the molecule is Fc1cccc(CC(Cl)c2cc(C(F)(F)F)ccc2F)c1. The molecular formula is C15H10ClF5. The first-order valence-electron chi connectivity index (χ1n) is 6.02. The van der Waals surface area contributed by atoms with Gasteiger partial charge in [0.1, 0.15) is 11.6 Å². The Labute approximate surface area is 123 Å². The molecule has 112 valence electrons. The van der Waals surface area contributed by atoms with E-state index in [4.69, 9.17) is 11.6 Å². The summed E-state index contributed by atoms with van der Waals surface area (Å²) in [6.45, 7) is 0. The molecule has 0 aliphatic rings. The van der Waals surface area contributed by atoms with Crippen molar-refractivity contribution in [2.45, 2.75) is 18.0 Å². The lowest BCUT2D eigenvalue weighted by atomic mass is 10.0. The van der Waals surface area contributed by atoms with Crippen molar-refractivity contribution in [1.82, 2.24) is 0 Å². The Kier molecular flexibility index (Phi) is 4.52. The Bertz CT molecular complexity index is 636. The zero-order valence-electron chi connectivity index (χ0n) is 10.6. The molecule has 0 amide bonds. The van der Waals surface area contributed by atoms with E-state index in [1.807, 2.05) is 0 Å². The molecule has 1 atom stereocenters. The van der Waals surface area contributed by atoms with Crippen LogP contribution in [0.4, 0.5) is 22.0 Å². The molecule has 6 heteroatoms. The molecule has 2 aromatic carbocycles. The first kappa shape index (κ1) is 15.8. The minimum atomic E-state index is -4.57. The molecule has 0 spiro atoms. The van der Waals surface area contributed by atoms with E-state index < -0.39 is 28.8 Å². The van der Waals surface area contributed by atoms with Gasteiger partial charge in [-0.3, -0.25) is 0 Å². The third-order valence-corrected chi connectivity index (χ3v) is 3.35. The molecule has 0 fully saturated rings. The van der Waals surface area contributed by atoms with Crippen LogP contribution in [0.15, 0.2) is 42.5 Å². The van der Waals surface area contributed by atoms with Gasteiger partial charge in [-0.25, -0.2) is 8.78 Å². The Hall–Kier alpha value is -1.62. The normalized spacial score (nSPS) is 13.2. The van der Waals surface area contributed by atoms with Crippen LogP contribution < -0.4 is 0 Å². The van der Waals surface area contributed by atoms with Crippen LogP contribution in [0.3, 0.4) is 0 Å². The van der Waals surface area contributed by atoms with Crippen LogP contribution in [0, 0.1) is 11.6 Å². The first-order valence-corrected chi connectivity index (χ1v) is 6.46. The van der Waals surface area contributed by atoms with Gasteiger partial charge < -0.3 is 0 Å². The van der Waals surface area contributed by atoms with Gasteiger partial charge in [-0.1, -0.05) is 12.1 Å². The van der Waals surface area contributed by atoms with Gasteiger partial charge in [-0.2, -0.15) is 13.2 Å². The van der Waals surface area contributed by atoms with Crippen molar-refractivity contribution in [3.8, 4) is 0 Å². The summed E-state index contributed by atoms with van der Waals surface area (Å²) in [5.41, 5.74) is -0.744. The third-order valence-electron chi connectivity index (χ3n) is 2.96. The Morgan fingerprint density at radius 2 is 1.71 bits per heavy atom. The van der Waals surface area contributed by atoms with E-state index in [0.717, 1.165) is 6.07 Å². The predicted octanol–water partition coefficient (Wildman–Crippen LogP) is 5.51. The summed E-state index contributed by atoms with van der Waals surface area (Å²) in [7, 11) is 0. The number of hydrogen-bond acceptors (Lipinski definition) is 0. The number of halogens is 6. The van der Waals surface area contributed by atoms with Gasteiger partial charge in [0.25, 0.3) is 0 Å². The lowest BCUT2D eigenvalue weighted by Crippen LogP contribution is -2.08. The van der Waals surface area contributed by atoms with Crippen LogP contribution in [0.1, 0.15) is 22.1 Å². The molecule has 0 saturated heterocycles. The molecule has 0 heterocycles. The van der Waals surface area contributed by atoms with Gasteiger partial charge >= 0.3 is 6.18 Å². The van der Waals surface area contributed by atoms with Gasteiger partial charge in [0.2, 0.25) is 0 Å². The standard InChI is InChI=1S/C15H10ClF5/c16-13(7-9-2-1-3-11(17)6-9)12-8-10(15(19,20)21)4-5-14(12)18/h1-6,8,13H,7H2. The second-order valence-electron chi connectivity index (χ2n) is 4.54. The summed E-state index contributed by atoms with van der Waals surface area (Å²) in [5, 5.41) is -1.02. The maximum absolute atomic E-state index is 13.7. The zero-order chi connectivity index (χ0) is 15.6. The third kappa shape index (κ3) is 3.94. The molecule has 0 radical (unpaired) electrons. The smallest absolute Gasteiger partial charge is 0.207 e. The predicted molar refractivity (Wildman–Crippen MR) is 70.1 cm³/mol. The van der Waals surface area contributed by atoms with Crippen LogP contribution >= 0.6 is 11.6 Å². The highest BCUT2D eigenvalue weighted by Crippen LogP contribution is 2.34. The van der Waals surface area contributed by atoms with E-state index in [0.29, 0.717) is 17.7 Å². The number of rotatable bonds is 3. The van der Waals surface area contributed by atoms with E-state index in [1.165, 1.54) is 18.2 Å². The highest BCUT2D eigenvalue weighted by molar-refractivity contribution is 6.21. The Morgan fingerprint density at radius 1 is 1.00 bits per heavy atom. The van der Waals surface area contributed by atoms with E-state index >= 15 is 0 Å². The van der Waals surface area contributed by atoms with Gasteiger partial charge in [0.05, 0.1) is 10.9 Å². The lowest BCUT2D eigenvalue weighted by molar-refractivity contribution is -0.137. The van der Waals surface area contributed by atoms with Gasteiger partial charge in [-0.05, 0) is 42.3 Å². The molecule has 21 heavy (non-hydrogen) atoms. The quantitative estimate of drug-likeness (QED) is 0.517. The molecule has 2 aromatic rings. The fourth-order valence-corrected chi connectivity index (χ4v) is 2.29. The van der Waals surface area contributed by atoms with Gasteiger partial charge in [0, 0.05) is 5.56 Å². The molecule has 1 unspecified atom stereocenters. The molecule has 0 saturated carbocycles. The van der Waals surface area contributed by atoms with E-state index in [-0.39, 0.29) is 12.0 Å². The summed E-state index contributed by atoms with van der Waals surface area (Å²) < 4.78 is 64.6. The maximum atomic E-state index is 13.7. The minimum Gasteiger partial charge on any atom is -0.207 e. The van der Waals surface area contributed by atoms with E-state index in [9.17, 15) is 22.0 Å². The molecule has 0 nitrogen and oxygen atoms in total. The largest absolute Gasteiger partial charge is 0.416 e. The highest BCUT2D eigenvalue weighted by Gasteiger charge is 2.31. The van der Waals surface area contributed by atoms with Gasteiger partial charge in [-0.15, -0.1) is 11.6 Å². The van der Waals surface area contributed by atoms with E-state index in [2.05, 4.69) is 0 Å². The van der Waals surface area contributed by atoms with Crippen LogP contribution in [-0.4, -0.2) is 0 Å². The van der Waals surface area contributed by atoms with Crippen molar-refractivity contribution in [2.24, 2.45) is 0 Å². The average Bonchev–Trinajstić information content (AvgIpc) is 2.37. The molecule has 0 aromatic heterocycles. The van der Waals surface area contributed by atoms with Crippen molar-refractivity contribution in [3.63, 3.8) is 0 Å². The van der Waals surface area contributed by atoms with Crippen molar-refractivity contribution < 1.29 is 22.0 Å². The summed E-state index contributed by atoms with van der Waals surface area (Å²) >= 11 is 5.99. The average molecular weight is 321 g/mol. The van der Waals surface area contributed by atoms with Crippen molar-refractivity contribution in [2.75, 3.05) is 0 Å². The molecule has 0 N–H and O–H groups in total. The van der Waals surface area contributed by atoms with E-state index in [1.54, 1.807) is 6.07 Å². The fourth-order valence-electron chi connectivity index (χ4n) is 1.94. The molecule has 0 bridgehead atoms. The number of benzene rings is 2. The van der Waals surface area contributed by atoms with Crippen molar-refractivity contribution >= 4 is 11.6 Å². The summed E-state index contributed by atoms with van der Waals surface area (Å²) in [4.78, 5) is 0. The fraction of sp³-hybridized carbons (Fsp3) is 0.200. The molecule has 0 aliphatic carbocycles. The van der Waals surface area contributed by atoms with Crippen molar-refractivity contribution in [3.05, 3.63) is 70.8 Å². The highest BCUT2D eigenvalue weighted by atomic mass is 35.5. The van der Waals surface area contributed by atoms with Crippen molar-refractivity contribution in [1.29, 1.82) is 0 Å².